The first-order valence-corrected chi connectivity index (χ1v) is 7.59. The summed E-state index contributed by atoms with van der Waals surface area (Å²) in [5.41, 5.74) is 5.57. The molecule has 1 aromatic heterocycles. The average molecular weight is 293 g/mol. The van der Waals surface area contributed by atoms with Gasteiger partial charge in [0.05, 0.1) is 5.75 Å². The Balaban J connectivity index is 2.48. The van der Waals surface area contributed by atoms with Gasteiger partial charge in [-0.25, -0.2) is 18.5 Å². The number of carbonyl (C=O) groups is 1. The Bertz CT molecular complexity index is 525. The molecule has 102 valence electrons. The average Bonchev–Trinajstić information content (AvgIpc) is 2.64. The van der Waals surface area contributed by atoms with Crippen molar-refractivity contribution in [1.82, 2.24) is 10.3 Å². The summed E-state index contributed by atoms with van der Waals surface area (Å²) in [5.74, 6) is -0.401. The number of primary sulfonamides is 1. The maximum atomic E-state index is 11.7. The number of thiazole rings is 1. The van der Waals surface area contributed by atoms with E-state index in [-0.39, 0.29) is 30.4 Å². The first-order valence-electron chi connectivity index (χ1n) is 5.06. The summed E-state index contributed by atoms with van der Waals surface area (Å²) in [6.45, 7) is 0.210. The van der Waals surface area contributed by atoms with Crippen LogP contribution in [-0.4, -0.2) is 38.7 Å². The van der Waals surface area contributed by atoms with Crippen LogP contribution in [0.15, 0.2) is 0 Å². The number of hydrogen-bond acceptors (Lipinski definition) is 7. The van der Waals surface area contributed by atoms with Gasteiger partial charge in [-0.3, -0.25) is 4.79 Å². The molecule has 8 nitrogen and oxygen atoms in total. The molecule has 18 heavy (non-hydrogen) atoms. The predicted molar refractivity (Wildman–Crippen MR) is 71.0 cm³/mol. The van der Waals surface area contributed by atoms with Crippen LogP contribution in [0.2, 0.25) is 0 Å². The summed E-state index contributed by atoms with van der Waals surface area (Å²) < 4.78 is 21.3. The van der Waals surface area contributed by atoms with Gasteiger partial charge in [0.1, 0.15) is 10.7 Å². The first-order chi connectivity index (χ1) is 8.33. The topological polar surface area (TPSA) is 140 Å². The molecule has 0 bridgehead atoms. The lowest BCUT2D eigenvalue weighted by Gasteiger charge is -2.02. The third-order valence-corrected chi connectivity index (χ3v) is 3.91. The summed E-state index contributed by atoms with van der Waals surface area (Å²) in [7, 11) is -1.82. The number of aromatic nitrogens is 1. The van der Waals surface area contributed by atoms with E-state index in [2.05, 4.69) is 15.6 Å². The SMILES string of the molecule is CNc1nc(N)c(C(=O)NCCCS(N)(=O)=O)s1. The van der Waals surface area contributed by atoms with E-state index in [1.54, 1.807) is 7.05 Å². The van der Waals surface area contributed by atoms with Gasteiger partial charge in [-0.1, -0.05) is 11.3 Å². The molecule has 10 heteroatoms. The highest BCUT2D eigenvalue weighted by Crippen LogP contribution is 2.23. The minimum Gasteiger partial charge on any atom is -0.382 e. The number of sulfonamides is 1. The smallest absolute Gasteiger partial charge is 0.265 e. The van der Waals surface area contributed by atoms with Gasteiger partial charge in [0, 0.05) is 13.6 Å². The van der Waals surface area contributed by atoms with Gasteiger partial charge in [0.25, 0.3) is 5.91 Å². The van der Waals surface area contributed by atoms with Gasteiger partial charge in [0.15, 0.2) is 5.13 Å². The van der Waals surface area contributed by atoms with Crippen molar-refractivity contribution in [2.45, 2.75) is 6.42 Å². The number of anilines is 2. The molecule has 0 atom stereocenters. The zero-order valence-corrected chi connectivity index (χ0v) is 11.4. The maximum absolute atomic E-state index is 11.7. The number of hydrogen-bond donors (Lipinski definition) is 4. The van der Waals surface area contributed by atoms with Gasteiger partial charge in [0.2, 0.25) is 10.0 Å². The first kappa shape index (κ1) is 14.7. The fraction of sp³-hybridized carbons (Fsp3) is 0.500. The molecule has 1 rings (SSSR count). The van der Waals surface area contributed by atoms with Crippen molar-refractivity contribution in [1.29, 1.82) is 0 Å². The molecule has 0 saturated carbocycles. The van der Waals surface area contributed by atoms with E-state index in [0.717, 1.165) is 11.3 Å². The van der Waals surface area contributed by atoms with Gasteiger partial charge in [-0.2, -0.15) is 0 Å². The van der Waals surface area contributed by atoms with Crippen molar-refractivity contribution in [3.8, 4) is 0 Å². The second-order valence-corrected chi connectivity index (χ2v) is 6.19. The van der Waals surface area contributed by atoms with Gasteiger partial charge in [-0.15, -0.1) is 0 Å². The maximum Gasteiger partial charge on any atom is 0.265 e. The number of amides is 1. The number of nitrogens with one attached hydrogen (secondary N) is 2. The molecule has 0 fully saturated rings. The Hall–Kier alpha value is -1.39. The van der Waals surface area contributed by atoms with Crippen LogP contribution in [0, 0.1) is 0 Å². The number of nitrogens with zero attached hydrogens (tertiary/aromatic N) is 1. The Morgan fingerprint density at radius 2 is 2.17 bits per heavy atom. The lowest BCUT2D eigenvalue weighted by atomic mass is 10.4. The minimum atomic E-state index is -3.49. The fourth-order valence-corrected chi connectivity index (χ4v) is 2.46. The fourth-order valence-electron chi connectivity index (χ4n) is 1.16. The molecule has 0 spiro atoms. The standard InChI is InChI=1S/C8H15N5O3S2/c1-11-8-13-6(9)5(17-8)7(14)12-3-2-4-18(10,15)16/h2-4,9H2,1H3,(H,11,13)(H,12,14)(H2,10,15,16). The number of nitrogen functional groups attached to an aromatic ring is 1. The third-order valence-electron chi connectivity index (χ3n) is 1.96. The van der Waals surface area contributed by atoms with E-state index in [1.165, 1.54) is 0 Å². The highest BCUT2D eigenvalue weighted by Gasteiger charge is 2.15. The highest BCUT2D eigenvalue weighted by molar-refractivity contribution is 7.89. The summed E-state index contributed by atoms with van der Waals surface area (Å²) in [6.07, 6.45) is 0.252. The number of nitrogens with two attached hydrogens (primary N) is 2. The molecule has 1 heterocycles. The Morgan fingerprint density at radius 3 is 2.67 bits per heavy atom. The predicted octanol–water partition coefficient (Wildman–Crippen LogP) is -0.825. The summed E-state index contributed by atoms with van der Waals surface area (Å²) in [6, 6.07) is 0. The molecule has 0 unspecified atom stereocenters. The van der Waals surface area contributed by atoms with Gasteiger partial charge >= 0.3 is 0 Å². The largest absolute Gasteiger partial charge is 0.382 e. The van der Waals surface area contributed by atoms with Crippen LogP contribution in [0.3, 0.4) is 0 Å². The molecule has 1 amide bonds. The van der Waals surface area contributed by atoms with E-state index >= 15 is 0 Å². The molecule has 0 aliphatic rings. The molecule has 0 aliphatic carbocycles. The third kappa shape index (κ3) is 4.47. The Morgan fingerprint density at radius 1 is 1.50 bits per heavy atom. The monoisotopic (exact) mass is 293 g/mol. The second-order valence-electron chi connectivity index (χ2n) is 3.46. The summed E-state index contributed by atoms with van der Waals surface area (Å²) >= 11 is 1.13. The molecule has 0 aromatic carbocycles. The molecular formula is C8H15N5O3S2. The summed E-state index contributed by atoms with van der Waals surface area (Å²) in [5, 5.41) is 10.7. The molecular weight excluding hydrogens is 278 g/mol. The number of carbonyl (C=O) groups excluding carboxylic acids is 1. The van der Waals surface area contributed by atoms with E-state index < -0.39 is 10.0 Å². The molecule has 0 saturated heterocycles. The minimum absolute atomic E-state index is 0.147. The van der Waals surface area contributed by atoms with Crippen LogP contribution >= 0.6 is 11.3 Å². The highest BCUT2D eigenvalue weighted by atomic mass is 32.2. The Kier molecular flexibility index (Phi) is 4.87. The van der Waals surface area contributed by atoms with Crippen LogP contribution in [0.5, 0.6) is 0 Å². The molecule has 6 N–H and O–H groups in total. The van der Waals surface area contributed by atoms with Crippen LogP contribution in [0.25, 0.3) is 0 Å². The van der Waals surface area contributed by atoms with Gasteiger partial charge in [-0.05, 0) is 6.42 Å². The molecule has 0 aliphatic heterocycles. The van der Waals surface area contributed by atoms with Gasteiger partial charge < -0.3 is 16.4 Å². The lowest BCUT2D eigenvalue weighted by Crippen LogP contribution is -2.27. The van der Waals surface area contributed by atoms with Crippen molar-refractivity contribution in [2.75, 3.05) is 30.4 Å². The Labute approximate surface area is 109 Å². The number of rotatable bonds is 6. The van der Waals surface area contributed by atoms with Crippen LogP contribution in [-0.2, 0) is 10.0 Å². The van der Waals surface area contributed by atoms with Crippen LogP contribution in [0.1, 0.15) is 16.1 Å². The van der Waals surface area contributed by atoms with Crippen LogP contribution < -0.4 is 21.5 Å². The van der Waals surface area contributed by atoms with Crippen molar-refractivity contribution in [3.05, 3.63) is 4.88 Å². The normalized spacial score (nSPS) is 11.2. The molecule has 1 aromatic rings. The van der Waals surface area contributed by atoms with E-state index in [4.69, 9.17) is 10.9 Å². The van der Waals surface area contributed by atoms with E-state index in [0.29, 0.717) is 10.0 Å². The summed E-state index contributed by atoms with van der Waals surface area (Å²) in [4.78, 5) is 15.9. The van der Waals surface area contributed by atoms with Crippen molar-refractivity contribution < 1.29 is 13.2 Å². The van der Waals surface area contributed by atoms with Crippen molar-refractivity contribution in [2.24, 2.45) is 5.14 Å². The van der Waals surface area contributed by atoms with E-state index in [9.17, 15) is 13.2 Å². The molecule has 0 radical (unpaired) electrons. The van der Waals surface area contributed by atoms with Crippen LogP contribution in [0.4, 0.5) is 10.9 Å². The zero-order chi connectivity index (χ0) is 13.8. The zero-order valence-electron chi connectivity index (χ0n) is 9.76. The van der Waals surface area contributed by atoms with Crippen molar-refractivity contribution >= 4 is 38.2 Å². The lowest BCUT2D eigenvalue weighted by molar-refractivity contribution is 0.0958. The second kappa shape index (κ2) is 5.98. The quantitative estimate of drug-likeness (QED) is 0.505. The van der Waals surface area contributed by atoms with E-state index in [1.807, 2.05) is 0 Å². The van der Waals surface area contributed by atoms with Crippen molar-refractivity contribution in [3.63, 3.8) is 0 Å².